The fourth-order valence-electron chi connectivity index (χ4n) is 1.21. The number of halogens is 1. The number of nitrogens with one attached hydrogen (secondary N) is 2. The summed E-state index contributed by atoms with van der Waals surface area (Å²) in [7, 11) is 0. The first-order chi connectivity index (χ1) is 7.74. The molecule has 1 atom stereocenters. The zero-order valence-corrected chi connectivity index (χ0v) is 12.0. The van der Waals surface area contributed by atoms with Crippen molar-refractivity contribution in [2.75, 3.05) is 0 Å². The molecule has 17 heavy (non-hydrogen) atoms. The molecule has 2 N–H and O–H groups in total. The topological polar surface area (TPSA) is 62.0 Å². The normalized spacial score (nSPS) is 13.2. The average Bonchev–Trinajstić information content (AvgIpc) is 2.15. The number of alkyl halides is 1. The van der Waals surface area contributed by atoms with Crippen molar-refractivity contribution in [3.63, 3.8) is 0 Å². The van der Waals surface area contributed by atoms with Gasteiger partial charge in [0.05, 0.1) is 0 Å². The molecular formula is C12H17BrN2O2. The molecule has 1 aromatic rings. The maximum absolute atomic E-state index is 11.9. The maximum atomic E-state index is 11.9. The van der Waals surface area contributed by atoms with E-state index in [0.29, 0.717) is 0 Å². The summed E-state index contributed by atoms with van der Waals surface area (Å²) in [5, 5.41) is 2.83. The van der Waals surface area contributed by atoms with Gasteiger partial charge in [0.25, 0.3) is 5.91 Å². The van der Waals surface area contributed by atoms with E-state index in [1.807, 2.05) is 20.8 Å². The number of hydrogen-bond donors (Lipinski definition) is 2. The Hall–Kier alpha value is -1.10. The summed E-state index contributed by atoms with van der Waals surface area (Å²) in [4.78, 5) is 26.6. The van der Waals surface area contributed by atoms with Gasteiger partial charge in [0.15, 0.2) is 5.43 Å². The van der Waals surface area contributed by atoms with Crippen molar-refractivity contribution < 1.29 is 4.79 Å². The molecule has 0 aromatic carbocycles. The van der Waals surface area contributed by atoms with E-state index in [1.54, 1.807) is 6.92 Å². The predicted octanol–water partition coefficient (Wildman–Crippen LogP) is 1.98. The van der Waals surface area contributed by atoms with Gasteiger partial charge in [-0.15, -0.1) is 0 Å². The van der Waals surface area contributed by atoms with Gasteiger partial charge in [0.1, 0.15) is 5.56 Å². The van der Waals surface area contributed by atoms with E-state index in [-0.39, 0.29) is 21.7 Å². The van der Waals surface area contributed by atoms with Crippen molar-refractivity contribution in [2.45, 2.75) is 38.1 Å². The number of rotatable bonds is 3. The van der Waals surface area contributed by atoms with Crippen LogP contribution in [-0.4, -0.2) is 21.3 Å². The van der Waals surface area contributed by atoms with Crippen molar-refractivity contribution in [1.29, 1.82) is 0 Å². The Morgan fingerprint density at radius 2 is 2.12 bits per heavy atom. The lowest BCUT2D eigenvalue weighted by atomic mass is 10.0. The van der Waals surface area contributed by atoms with Gasteiger partial charge in [-0.25, -0.2) is 0 Å². The predicted molar refractivity (Wildman–Crippen MR) is 71.7 cm³/mol. The van der Waals surface area contributed by atoms with Crippen LogP contribution in [0.5, 0.6) is 0 Å². The molecule has 0 aliphatic rings. The van der Waals surface area contributed by atoms with E-state index < -0.39 is 5.54 Å². The van der Waals surface area contributed by atoms with Gasteiger partial charge >= 0.3 is 0 Å². The van der Waals surface area contributed by atoms with Crippen LogP contribution in [0.25, 0.3) is 0 Å². The first kappa shape index (κ1) is 14.0. The first-order valence-electron chi connectivity index (χ1n) is 5.40. The van der Waals surface area contributed by atoms with Gasteiger partial charge in [-0.3, -0.25) is 9.59 Å². The Morgan fingerprint density at radius 3 is 2.59 bits per heavy atom. The quantitative estimate of drug-likeness (QED) is 0.839. The molecule has 5 heteroatoms. The van der Waals surface area contributed by atoms with E-state index >= 15 is 0 Å². The summed E-state index contributed by atoms with van der Waals surface area (Å²) < 4.78 is 0. The van der Waals surface area contributed by atoms with Crippen LogP contribution in [0, 0.1) is 6.92 Å². The van der Waals surface area contributed by atoms with Crippen LogP contribution in [-0.2, 0) is 0 Å². The summed E-state index contributed by atoms with van der Waals surface area (Å²) >= 11 is 3.43. The summed E-state index contributed by atoms with van der Waals surface area (Å²) in [5.74, 6) is -0.359. The maximum Gasteiger partial charge on any atom is 0.257 e. The summed E-state index contributed by atoms with van der Waals surface area (Å²) in [5.41, 5.74) is 0.183. The van der Waals surface area contributed by atoms with Crippen LogP contribution in [0.1, 0.15) is 36.8 Å². The van der Waals surface area contributed by atoms with Crippen molar-refractivity contribution in [3.05, 3.63) is 33.7 Å². The summed E-state index contributed by atoms with van der Waals surface area (Å²) in [6.45, 7) is 7.51. The molecule has 0 aliphatic heterocycles. The molecule has 1 amide bonds. The monoisotopic (exact) mass is 300 g/mol. The zero-order chi connectivity index (χ0) is 13.2. The third-order valence-electron chi connectivity index (χ3n) is 2.73. The van der Waals surface area contributed by atoms with Gasteiger partial charge in [-0.2, -0.15) is 0 Å². The third kappa shape index (κ3) is 3.43. The molecule has 0 fully saturated rings. The number of carbonyl (C=O) groups excluding carboxylic acids is 1. The van der Waals surface area contributed by atoms with Crippen LogP contribution >= 0.6 is 15.9 Å². The third-order valence-corrected chi connectivity index (χ3v) is 3.88. The van der Waals surface area contributed by atoms with Crippen molar-refractivity contribution in [2.24, 2.45) is 0 Å². The Balaban J connectivity index is 2.95. The SMILES string of the molecule is Cc1cc(=O)c(C(=O)NC(C)(C)C(C)Br)c[nH]1. The molecule has 0 saturated carbocycles. The smallest absolute Gasteiger partial charge is 0.257 e. The Bertz CT molecular complexity index is 478. The van der Waals surface area contributed by atoms with Gasteiger partial charge < -0.3 is 10.3 Å². The molecule has 4 nitrogen and oxygen atoms in total. The number of H-pyrrole nitrogens is 1. The molecule has 0 radical (unpaired) electrons. The second kappa shape index (κ2) is 5.04. The molecular weight excluding hydrogens is 284 g/mol. The minimum absolute atomic E-state index is 0.100. The van der Waals surface area contributed by atoms with Gasteiger partial charge in [0.2, 0.25) is 0 Å². The lowest BCUT2D eigenvalue weighted by Crippen LogP contribution is -2.49. The van der Waals surface area contributed by atoms with Crippen molar-refractivity contribution >= 4 is 21.8 Å². The number of pyridine rings is 1. The van der Waals surface area contributed by atoms with Gasteiger partial charge in [0, 0.05) is 28.3 Å². The van der Waals surface area contributed by atoms with E-state index in [1.165, 1.54) is 12.3 Å². The van der Waals surface area contributed by atoms with Crippen LogP contribution in [0.3, 0.4) is 0 Å². The van der Waals surface area contributed by atoms with E-state index in [9.17, 15) is 9.59 Å². The van der Waals surface area contributed by atoms with E-state index in [0.717, 1.165) is 5.69 Å². The van der Waals surface area contributed by atoms with Crippen LogP contribution in [0.2, 0.25) is 0 Å². The fraction of sp³-hybridized carbons (Fsp3) is 0.500. The van der Waals surface area contributed by atoms with Gasteiger partial charge in [-0.05, 0) is 20.8 Å². The molecule has 1 heterocycles. The summed E-state index contributed by atoms with van der Waals surface area (Å²) in [6.07, 6.45) is 1.45. The summed E-state index contributed by atoms with van der Waals surface area (Å²) in [6, 6.07) is 1.42. The van der Waals surface area contributed by atoms with Crippen molar-refractivity contribution in [1.82, 2.24) is 10.3 Å². The molecule has 94 valence electrons. The zero-order valence-electron chi connectivity index (χ0n) is 10.4. The highest BCUT2D eigenvalue weighted by Crippen LogP contribution is 2.16. The molecule has 0 saturated heterocycles. The van der Waals surface area contributed by atoms with E-state index in [4.69, 9.17) is 0 Å². The number of hydrogen-bond acceptors (Lipinski definition) is 2. The Labute approximate surface area is 109 Å². The van der Waals surface area contributed by atoms with E-state index in [2.05, 4.69) is 26.2 Å². The number of aromatic amines is 1. The second-order valence-corrected chi connectivity index (χ2v) is 6.06. The van der Waals surface area contributed by atoms with Gasteiger partial charge in [-0.1, -0.05) is 22.9 Å². The number of aryl methyl sites for hydroxylation is 1. The molecule has 1 unspecified atom stereocenters. The lowest BCUT2D eigenvalue weighted by molar-refractivity contribution is 0.0912. The minimum atomic E-state index is -0.422. The molecule has 1 aromatic heterocycles. The highest BCUT2D eigenvalue weighted by molar-refractivity contribution is 9.09. The fourth-order valence-corrected chi connectivity index (χ4v) is 1.32. The molecule has 0 aliphatic carbocycles. The lowest BCUT2D eigenvalue weighted by Gasteiger charge is -2.29. The highest BCUT2D eigenvalue weighted by atomic mass is 79.9. The number of carbonyl (C=O) groups is 1. The van der Waals surface area contributed by atoms with Crippen LogP contribution < -0.4 is 10.7 Å². The standard InChI is InChI=1S/C12H17BrN2O2/c1-7-5-10(16)9(6-14-7)11(17)15-12(3,4)8(2)13/h5-6,8H,1-4H3,(H,14,16)(H,15,17). The van der Waals surface area contributed by atoms with Crippen LogP contribution in [0.15, 0.2) is 17.1 Å². The number of aromatic nitrogens is 1. The minimum Gasteiger partial charge on any atom is -0.364 e. The Morgan fingerprint density at radius 1 is 1.53 bits per heavy atom. The highest BCUT2D eigenvalue weighted by Gasteiger charge is 2.26. The van der Waals surface area contributed by atoms with Crippen LogP contribution in [0.4, 0.5) is 0 Å². The Kier molecular flexibility index (Phi) is 4.14. The molecule has 0 bridgehead atoms. The molecule has 0 spiro atoms. The molecule has 1 rings (SSSR count). The second-order valence-electron chi connectivity index (χ2n) is 4.69. The largest absolute Gasteiger partial charge is 0.364 e. The first-order valence-corrected chi connectivity index (χ1v) is 6.31. The van der Waals surface area contributed by atoms with Crippen molar-refractivity contribution in [3.8, 4) is 0 Å². The average molecular weight is 301 g/mol. The number of amides is 1.